The van der Waals surface area contributed by atoms with Gasteiger partial charge in [0.25, 0.3) is 0 Å². The Hall–Kier alpha value is -3.85. The highest BCUT2D eigenvalue weighted by Gasteiger charge is 2.42. The van der Waals surface area contributed by atoms with E-state index in [0.29, 0.717) is 30.8 Å². The number of ether oxygens (including phenoxy) is 1. The van der Waals surface area contributed by atoms with Crippen LogP contribution >= 0.6 is 0 Å². The van der Waals surface area contributed by atoms with Crippen molar-refractivity contribution >= 4 is 17.8 Å². The summed E-state index contributed by atoms with van der Waals surface area (Å²) in [7, 11) is 3.14. The van der Waals surface area contributed by atoms with Gasteiger partial charge in [-0.25, -0.2) is 9.18 Å². The van der Waals surface area contributed by atoms with E-state index in [0.717, 1.165) is 47.9 Å². The Kier molecular flexibility index (Phi) is 8.12. The Morgan fingerprint density at radius 3 is 2.33 bits per heavy atom. The van der Waals surface area contributed by atoms with Gasteiger partial charge >= 0.3 is 6.09 Å². The summed E-state index contributed by atoms with van der Waals surface area (Å²) in [5.41, 5.74) is 10.0. The van der Waals surface area contributed by atoms with Gasteiger partial charge in [-0.05, 0) is 48.8 Å². The number of carbonyl (C=O) groups excluding carboxylic acids is 2. The smallest absolute Gasteiger partial charge is 0.409 e. The number of nitrogens with two attached hydrogens (primary N) is 1. The standard InChI is InChI=1S/C31H36FN5O3/c1-37(30(39)40-2)25-14-8-20(9-15-25)16-28(38)34-27-17-26(21-6-4-3-5-7-21)29(36-35-27)22-10-12-23(13-11-22)31(33)18-24(32)19-31/h3-7,10-13,17,20,24-25H,8-9,14-16,18-19,33H2,1-2H3,(H,34,35,38)/t20-,24-,25-,31-. The number of alkyl halides is 1. The van der Waals surface area contributed by atoms with E-state index in [4.69, 9.17) is 10.5 Å². The van der Waals surface area contributed by atoms with Crippen molar-refractivity contribution in [2.45, 2.75) is 62.7 Å². The molecule has 2 saturated carbocycles. The third-order valence-electron chi connectivity index (χ3n) is 8.35. The summed E-state index contributed by atoms with van der Waals surface area (Å²) in [6.45, 7) is 0. The van der Waals surface area contributed by atoms with Crippen LogP contribution in [0.5, 0.6) is 0 Å². The van der Waals surface area contributed by atoms with Crippen LogP contribution in [0, 0.1) is 5.92 Å². The third-order valence-corrected chi connectivity index (χ3v) is 8.35. The lowest BCUT2D eigenvalue weighted by atomic mass is 9.71. The SMILES string of the molecule is COC(=O)N(C)[C@H]1CC[C@H](CC(=O)Nc2cc(-c3ccccc3)c(-c3ccc([C@]4(N)C[C@H](F)C4)cc3)nn2)CC1. The van der Waals surface area contributed by atoms with Crippen LogP contribution in [0.25, 0.3) is 22.4 Å². The molecule has 40 heavy (non-hydrogen) atoms. The molecule has 3 aromatic rings. The van der Waals surface area contributed by atoms with Crippen molar-refractivity contribution in [3.63, 3.8) is 0 Å². The van der Waals surface area contributed by atoms with Crippen LogP contribution in [0.1, 0.15) is 50.5 Å². The van der Waals surface area contributed by atoms with Crippen LogP contribution in [0.2, 0.25) is 0 Å². The molecule has 2 aromatic carbocycles. The van der Waals surface area contributed by atoms with Crippen molar-refractivity contribution in [1.29, 1.82) is 0 Å². The molecule has 8 nitrogen and oxygen atoms in total. The molecule has 2 aliphatic rings. The van der Waals surface area contributed by atoms with Gasteiger partial charge in [0.1, 0.15) is 11.9 Å². The molecule has 9 heteroatoms. The zero-order valence-corrected chi connectivity index (χ0v) is 23.0. The van der Waals surface area contributed by atoms with Crippen LogP contribution in [-0.2, 0) is 15.1 Å². The molecule has 2 aliphatic carbocycles. The first-order chi connectivity index (χ1) is 19.3. The number of hydrogen-bond donors (Lipinski definition) is 2. The van der Waals surface area contributed by atoms with E-state index in [1.54, 1.807) is 11.9 Å². The van der Waals surface area contributed by atoms with E-state index in [9.17, 15) is 14.0 Å². The lowest BCUT2D eigenvalue weighted by Crippen LogP contribution is -2.50. The number of methoxy groups -OCH3 is 1. The fourth-order valence-electron chi connectivity index (χ4n) is 5.92. The van der Waals surface area contributed by atoms with Crippen molar-refractivity contribution in [3.05, 3.63) is 66.2 Å². The van der Waals surface area contributed by atoms with Gasteiger partial charge in [-0.3, -0.25) is 4.79 Å². The van der Waals surface area contributed by atoms with E-state index in [2.05, 4.69) is 15.5 Å². The maximum atomic E-state index is 13.5. The van der Waals surface area contributed by atoms with Gasteiger partial charge in [0.2, 0.25) is 5.91 Å². The van der Waals surface area contributed by atoms with Gasteiger partial charge in [0.05, 0.1) is 7.11 Å². The lowest BCUT2D eigenvalue weighted by Gasteiger charge is -2.41. The summed E-state index contributed by atoms with van der Waals surface area (Å²) < 4.78 is 18.3. The third kappa shape index (κ3) is 5.99. The van der Waals surface area contributed by atoms with Crippen LogP contribution in [0.4, 0.5) is 15.0 Å². The predicted molar refractivity (Wildman–Crippen MR) is 152 cm³/mol. The number of hydrogen-bond acceptors (Lipinski definition) is 6. The molecule has 0 spiro atoms. The lowest BCUT2D eigenvalue weighted by molar-refractivity contribution is -0.117. The first-order valence-corrected chi connectivity index (χ1v) is 13.8. The Morgan fingerprint density at radius 2 is 1.70 bits per heavy atom. The highest BCUT2D eigenvalue weighted by atomic mass is 19.1. The summed E-state index contributed by atoms with van der Waals surface area (Å²) in [6.07, 6.45) is 3.31. The first kappa shape index (κ1) is 27.7. The molecule has 0 atom stereocenters. The molecule has 1 aromatic heterocycles. The van der Waals surface area contributed by atoms with Crippen molar-refractivity contribution in [2.24, 2.45) is 11.7 Å². The number of rotatable bonds is 7. The number of nitrogens with zero attached hydrogens (tertiary/aromatic N) is 3. The molecule has 0 radical (unpaired) electrons. The quantitative estimate of drug-likeness (QED) is 0.395. The zero-order chi connectivity index (χ0) is 28.3. The number of halogens is 1. The van der Waals surface area contributed by atoms with Crippen LogP contribution in [0.15, 0.2) is 60.7 Å². The first-order valence-electron chi connectivity index (χ1n) is 13.8. The second kappa shape index (κ2) is 11.7. The molecule has 0 bridgehead atoms. The van der Waals surface area contributed by atoms with Gasteiger partial charge in [0.15, 0.2) is 5.82 Å². The molecule has 0 saturated heterocycles. The van der Waals surface area contributed by atoms with E-state index >= 15 is 0 Å². The number of benzene rings is 2. The number of nitrogens with one attached hydrogen (secondary N) is 1. The molecule has 3 N–H and O–H groups in total. The minimum atomic E-state index is -0.841. The van der Waals surface area contributed by atoms with Gasteiger partial charge in [0, 0.05) is 49.0 Å². The number of carbonyl (C=O) groups is 2. The summed E-state index contributed by atoms with van der Waals surface area (Å²) in [5.74, 6) is 0.540. The second-order valence-corrected chi connectivity index (χ2v) is 11.1. The minimum Gasteiger partial charge on any atom is -0.453 e. The largest absolute Gasteiger partial charge is 0.453 e. The Balaban J connectivity index is 1.28. The molecule has 1 heterocycles. The highest BCUT2D eigenvalue weighted by molar-refractivity contribution is 5.91. The molecule has 5 rings (SSSR count). The summed E-state index contributed by atoms with van der Waals surface area (Å²) in [5, 5.41) is 11.8. The Bertz CT molecular complexity index is 1340. The van der Waals surface area contributed by atoms with E-state index in [1.165, 1.54) is 7.11 Å². The Morgan fingerprint density at radius 1 is 1.02 bits per heavy atom. The summed E-state index contributed by atoms with van der Waals surface area (Å²) in [6, 6.07) is 19.6. The van der Waals surface area contributed by atoms with E-state index in [1.807, 2.05) is 60.7 Å². The van der Waals surface area contributed by atoms with Crippen LogP contribution in [-0.4, -0.2) is 53.5 Å². The van der Waals surface area contributed by atoms with E-state index < -0.39 is 11.7 Å². The topological polar surface area (TPSA) is 110 Å². The maximum absolute atomic E-state index is 13.5. The molecule has 210 valence electrons. The maximum Gasteiger partial charge on any atom is 0.409 e. The fraction of sp³-hybridized carbons (Fsp3) is 0.419. The van der Waals surface area contributed by atoms with Crippen molar-refractivity contribution in [1.82, 2.24) is 15.1 Å². The van der Waals surface area contributed by atoms with Crippen molar-refractivity contribution in [3.8, 4) is 22.4 Å². The van der Waals surface area contributed by atoms with Gasteiger partial charge in [-0.1, -0.05) is 54.6 Å². The molecule has 0 unspecified atom stereocenters. The van der Waals surface area contributed by atoms with Crippen LogP contribution < -0.4 is 11.1 Å². The summed E-state index contributed by atoms with van der Waals surface area (Å²) in [4.78, 5) is 26.4. The number of amides is 2. The average molecular weight is 546 g/mol. The van der Waals surface area contributed by atoms with Crippen molar-refractivity contribution < 1.29 is 18.7 Å². The van der Waals surface area contributed by atoms with E-state index in [-0.39, 0.29) is 24.0 Å². The molecular formula is C31H36FN5O3. The average Bonchev–Trinajstić information content (AvgIpc) is 2.96. The number of aromatic nitrogens is 2. The van der Waals surface area contributed by atoms with Crippen LogP contribution in [0.3, 0.4) is 0 Å². The Labute approximate surface area is 234 Å². The number of anilines is 1. The monoisotopic (exact) mass is 545 g/mol. The van der Waals surface area contributed by atoms with Gasteiger partial charge in [-0.15, -0.1) is 10.2 Å². The molecule has 2 fully saturated rings. The van der Waals surface area contributed by atoms with Gasteiger partial charge in [-0.2, -0.15) is 0 Å². The fourth-order valence-corrected chi connectivity index (χ4v) is 5.92. The summed E-state index contributed by atoms with van der Waals surface area (Å²) >= 11 is 0. The normalized spacial score (nSPS) is 24.1. The minimum absolute atomic E-state index is 0.102. The zero-order valence-electron chi connectivity index (χ0n) is 23.0. The van der Waals surface area contributed by atoms with Crippen molar-refractivity contribution in [2.75, 3.05) is 19.5 Å². The molecule has 2 amide bonds. The second-order valence-electron chi connectivity index (χ2n) is 11.1. The predicted octanol–water partition coefficient (Wildman–Crippen LogP) is 5.68. The van der Waals surface area contributed by atoms with Gasteiger partial charge < -0.3 is 20.7 Å². The highest BCUT2D eigenvalue weighted by Crippen LogP contribution is 2.41. The molecular weight excluding hydrogens is 509 g/mol. The molecule has 0 aliphatic heterocycles.